The Morgan fingerprint density at radius 1 is 1.19 bits per heavy atom. The van der Waals surface area contributed by atoms with Gasteiger partial charge in [0.2, 0.25) is 0 Å². The van der Waals surface area contributed by atoms with Crippen molar-refractivity contribution in [1.82, 2.24) is 4.90 Å². The van der Waals surface area contributed by atoms with E-state index in [0.717, 1.165) is 13.1 Å². The van der Waals surface area contributed by atoms with Crippen LogP contribution in [0.15, 0.2) is 0 Å². The average Bonchev–Trinajstić information content (AvgIpc) is 2.25. The number of esters is 1. The van der Waals surface area contributed by atoms with E-state index in [-0.39, 0.29) is 5.78 Å². The fraction of sp³-hybridized carbons (Fsp3) is 0.833. The molecular weight excluding hydrogens is 206 g/mol. The highest BCUT2D eigenvalue weighted by Crippen LogP contribution is 2.21. The maximum atomic E-state index is 11.8. The van der Waals surface area contributed by atoms with Crippen LogP contribution in [0.1, 0.15) is 34.6 Å². The van der Waals surface area contributed by atoms with E-state index in [1.807, 2.05) is 13.8 Å². The molecule has 0 aromatic heterocycles. The summed E-state index contributed by atoms with van der Waals surface area (Å²) >= 11 is 0. The Bertz CT molecular complexity index is 249. The number of carbonyl (C=O) groups excluding carboxylic acids is 2. The Balaban J connectivity index is 4.82. The molecule has 4 nitrogen and oxygen atoms in total. The molecular formula is C12H23NO3. The van der Waals surface area contributed by atoms with Crippen LogP contribution >= 0.6 is 0 Å². The van der Waals surface area contributed by atoms with Gasteiger partial charge in [0.25, 0.3) is 0 Å². The van der Waals surface area contributed by atoms with Gasteiger partial charge in [0, 0.05) is 6.54 Å². The van der Waals surface area contributed by atoms with Crippen LogP contribution < -0.4 is 0 Å². The number of hydrogen-bond acceptors (Lipinski definition) is 4. The summed E-state index contributed by atoms with van der Waals surface area (Å²) in [6.07, 6.45) is 0. The van der Waals surface area contributed by atoms with E-state index in [9.17, 15) is 9.59 Å². The van der Waals surface area contributed by atoms with E-state index in [0.29, 0.717) is 13.2 Å². The molecule has 0 amide bonds. The minimum absolute atomic E-state index is 0.141. The van der Waals surface area contributed by atoms with E-state index >= 15 is 0 Å². The fourth-order valence-electron chi connectivity index (χ4n) is 1.50. The van der Waals surface area contributed by atoms with Crippen LogP contribution in [0.25, 0.3) is 0 Å². The summed E-state index contributed by atoms with van der Waals surface area (Å²) in [4.78, 5) is 25.5. The molecule has 0 aromatic rings. The van der Waals surface area contributed by atoms with E-state index in [4.69, 9.17) is 4.74 Å². The van der Waals surface area contributed by atoms with Gasteiger partial charge in [-0.1, -0.05) is 13.8 Å². The fourth-order valence-corrected chi connectivity index (χ4v) is 1.50. The van der Waals surface area contributed by atoms with Gasteiger partial charge in [-0.3, -0.25) is 9.59 Å². The molecule has 4 heteroatoms. The van der Waals surface area contributed by atoms with Gasteiger partial charge >= 0.3 is 5.97 Å². The topological polar surface area (TPSA) is 46.6 Å². The molecule has 0 rings (SSSR count). The monoisotopic (exact) mass is 229 g/mol. The Labute approximate surface area is 98.0 Å². The van der Waals surface area contributed by atoms with Crippen LogP contribution in [0.4, 0.5) is 0 Å². The van der Waals surface area contributed by atoms with E-state index in [2.05, 4.69) is 4.90 Å². The highest BCUT2D eigenvalue weighted by molar-refractivity contribution is 6.02. The molecule has 0 bridgehead atoms. The number of ether oxygens (including phenoxy) is 1. The SMILES string of the molecule is CCOC(=O)C(C)(CN(CC)CC)C(C)=O. The third-order valence-electron chi connectivity index (χ3n) is 2.94. The first-order chi connectivity index (χ1) is 7.42. The Hall–Kier alpha value is -0.900. The maximum Gasteiger partial charge on any atom is 0.320 e. The van der Waals surface area contributed by atoms with Gasteiger partial charge < -0.3 is 9.64 Å². The molecule has 1 atom stereocenters. The molecule has 16 heavy (non-hydrogen) atoms. The van der Waals surface area contributed by atoms with Crippen LogP contribution in [-0.2, 0) is 14.3 Å². The molecule has 0 aliphatic carbocycles. The molecule has 0 aromatic carbocycles. The molecule has 0 fully saturated rings. The number of hydrogen-bond donors (Lipinski definition) is 0. The summed E-state index contributed by atoms with van der Waals surface area (Å²) in [6.45, 7) is 11.2. The molecule has 0 aliphatic heterocycles. The van der Waals surface area contributed by atoms with Crippen LogP contribution in [0.5, 0.6) is 0 Å². The summed E-state index contributed by atoms with van der Waals surface area (Å²) in [5, 5.41) is 0. The zero-order valence-corrected chi connectivity index (χ0v) is 11.0. The minimum atomic E-state index is -1.04. The number of nitrogens with zero attached hydrogens (tertiary/aromatic N) is 1. The largest absolute Gasteiger partial charge is 0.465 e. The summed E-state index contributed by atoms with van der Waals surface area (Å²) in [5.74, 6) is -0.563. The zero-order chi connectivity index (χ0) is 12.8. The lowest BCUT2D eigenvalue weighted by Crippen LogP contribution is -2.46. The van der Waals surface area contributed by atoms with Gasteiger partial charge in [0.05, 0.1) is 6.61 Å². The van der Waals surface area contributed by atoms with Gasteiger partial charge in [-0.25, -0.2) is 0 Å². The third-order valence-corrected chi connectivity index (χ3v) is 2.94. The Morgan fingerprint density at radius 2 is 1.69 bits per heavy atom. The number of ketones is 1. The van der Waals surface area contributed by atoms with Gasteiger partial charge in [-0.15, -0.1) is 0 Å². The molecule has 0 saturated carbocycles. The van der Waals surface area contributed by atoms with Gasteiger partial charge in [-0.05, 0) is 33.9 Å². The third kappa shape index (κ3) is 3.59. The standard InChI is InChI=1S/C12H23NO3/c1-6-13(7-2)9-12(5,10(4)14)11(15)16-8-3/h6-9H2,1-5H3. The Kier molecular flexibility index (Phi) is 6.26. The van der Waals surface area contributed by atoms with Crippen LogP contribution in [-0.4, -0.2) is 42.9 Å². The van der Waals surface area contributed by atoms with Crippen molar-refractivity contribution < 1.29 is 14.3 Å². The number of rotatable bonds is 7. The smallest absolute Gasteiger partial charge is 0.320 e. The van der Waals surface area contributed by atoms with E-state index < -0.39 is 11.4 Å². The molecule has 0 radical (unpaired) electrons. The highest BCUT2D eigenvalue weighted by atomic mass is 16.5. The first-order valence-electron chi connectivity index (χ1n) is 5.82. The maximum absolute atomic E-state index is 11.8. The highest BCUT2D eigenvalue weighted by Gasteiger charge is 2.40. The molecule has 94 valence electrons. The average molecular weight is 229 g/mol. The van der Waals surface area contributed by atoms with Crippen molar-refractivity contribution >= 4 is 11.8 Å². The lowest BCUT2D eigenvalue weighted by molar-refractivity contribution is -0.159. The summed E-state index contributed by atoms with van der Waals surface area (Å²) in [6, 6.07) is 0. The van der Waals surface area contributed by atoms with Crippen LogP contribution in [0.2, 0.25) is 0 Å². The van der Waals surface area contributed by atoms with Crippen molar-refractivity contribution in [3.63, 3.8) is 0 Å². The van der Waals surface area contributed by atoms with Crippen molar-refractivity contribution in [3.8, 4) is 0 Å². The molecule has 0 N–H and O–H groups in total. The van der Waals surface area contributed by atoms with Gasteiger partial charge in [0.15, 0.2) is 0 Å². The molecule has 0 spiro atoms. The van der Waals surface area contributed by atoms with Crippen molar-refractivity contribution in [3.05, 3.63) is 0 Å². The lowest BCUT2D eigenvalue weighted by atomic mass is 9.85. The Morgan fingerprint density at radius 3 is 2.00 bits per heavy atom. The van der Waals surface area contributed by atoms with Crippen molar-refractivity contribution in [2.75, 3.05) is 26.2 Å². The zero-order valence-electron chi connectivity index (χ0n) is 11.0. The second-order valence-electron chi connectivity index (χ2n) is 4.07. The quantitative estimate of drug-likeness (QED) is 0.490. The predicted octanol–water partition coefficient (Wildman–Crippen LogP) is 1.49. The molecule has 1 unspecified atom stereocenters. The summed E-state index contributed by atoms with van der Waals surface area (Å²) < 4.78 is 4.97. The second kappa shape index (κ2) is 6.63. The normalized spacial score (nSPS) is 14.6. The van der Waals surface area contributed by atoms with E-state index in [1.165, 1.54) is 6.92 Å². The summed E-state index contributed by atoms with van der Waals surface area (Å²) in [7, 11) is 0. The van der Waals surface area contributed by atoms with Crippen LogP contribution in [0.3, 0.4) is 0 Å². The van der Waals surface area contributed by atoms with Crippen LogP contribution in [0, 0.1) is 5.41 Å². The second-order valence-corrected chi connectivity index (χ2v) is 4.07. The van der Waals surface area contributed by atoms with Crippen molar-refractivity contribution in [2.24, 2.45) is 5.41 Å². The van der Waals surface area contributed by atoms with E-state index in [1.54, 1.807) is 13.8 Å². The minimum Gasteiger partial charge on any atom is -0.465 e. The number of Topliss-reactive ketones (excluding diaryl/α,β-unsaturated/α-hetero) is 1. The molecule has 0 aliphatic rings. The van der Waals surface area contributed by atoms with Crippen molar-refractivity contribution in [2.45, 2.75) is 34.6 Å². The summed E-state index contributed by atoms with van der Waals surface area (Å²) in [5.41, 5.74) is -1.04. The number of carbonyl (C=O) groups is 2. The molecule has 0 saturated heterocycles. The lowest BCUT2D eigenvalue weighted by Gasteiger charge is -2.30. The predicted molar refractivity (Wildman–Crippen MR) is 63.2 cm³/mol. The van der Waals surface area contributed by atoms with Gasteiger partial charge in [-0.2, -0.15) is 0 Å². The van der Waals surface area contributed by atoms with Gasteiger partial charge in [0.1, 0.15) is 11.2 Å². The molecule has 0 heterocycles. The first kappa shape index (κ1) is 15.1. The first-order valence-corrected chi connectivity index (χ1v) is 5.82. The van der Waals surface area contributed by atoms with Crippen molar-refractivity contribution in [1.29, 1.82) is 0 Å².